The van der Waals surface area contributed by atoms with Crippen molar-refractivity contribution >= 4 is 26.0 Å². The Labute approximate surface area is 117 Å². The molecule has 0 saturated heterocycles. The van der Waals surface area contributed by atoms with Gasteiger partial charge in [-0.3, -0.25) is 4.68 Å². The normalized spacial score (nSPS) is 14.1. The zero-order valence-electron chi connectivity index (χ0n) is 10.9. The number of halogens is 1. The Kier molecular flexibility index (Phi) is 5.81. The third-order valence-electron chi connectivity index (χ3n) is 3.08. The summed E-state index contributed by atoms with van der Waals surface area (Å²) < 4.78 is 28.0. The van der Waals surface area contributed by atoms with Crippen molar-refractivity contribution < 1.29 is 8.42 Å². The van der Waals surface area contributed by atoms with Crippen LogP contribution in [0.5, 0.6) is 0 Å². The molecule has 1 aromatic heterocycles. The smallest absolute Gasteiger partial charge is 0.256 e. The van der Waals surface area contributed by atoms with Gasteiger partial charge in [0.25, 0.3) is 10.0 Å². The van der Waals surface area contributed by atoms with Gasteiger partial charge in [-0.2, -0.15) is 5.10 Å². The molecule has 1 unspecified atom stereocenters. The number of hydrogen-bond acceptors (Lipinski definition) is 3. The lowest BCUT2D eigenvalue weighted by Gasteiger charge is -2.19. The topological polar surface area (TPSA) is 64.0 Å². The first kappa shape index (κ1) is 15.7. The third-order valence-corrected chi connectivity index (χ3v) is 5.65. The van der Waals surface area contributed by atoms with Crippen molar-refractivity contribution in [2.45, 2.75) is 36.5 Å². The second-order valence-electron chi connectivity index (χ2n) is 4.24. The number of alkyl halides is 1. The van der Waals surface area contributed by atoms with Crippen molar-refractivity contribution in [2.75, 3.05) is 6.54 Å². The molecule has 0 amide bonds. The van der Waals surface area contributed by atoms with Crippen molar-refractivity contribution in [2.24, 2.45) is 13.0 Å². The van der Waals surface area contributed by atoms with Gasteiger partial charge in [0, 0.05) is 18.4 Å². The molecule has 7 heteroatoms. The number of rotatable bonds is 7. The fourth-order valence-electron chi connectivity index (χ4n) is 1.86. The van der Waals surface area contributed by atoms with E-state index in [0.29, 0.717) is 12.5 Å². The van der Waals surface area contributed by atoms with Gasteiger partial charge in [0.05, 0.1) is 6.20 Å². The van der Waals surface area contributed by atoms with Crippen molar-refractivity contribution in [3.63, 3.8) is 0 Å². The summed E-state index contributed by atoms with van der Waals surface area (Å²) in [7, 11) is -1.86. The van der Waals surface area contributed by atoms with Crippen LogP contribution in [0.2, 0.25) is 0 Å². The van der Waals surface area contributed by atoms with Crippen LogP contribution in [0.4, 0.5) is 0 Å². The second-order valence-corrected chi connectivity index (χ2v) is 7.13. The fraction of sp³-hybridized carbons (Fsp3) is 0.727. The maximum atomic E-state index is 12.0. The highest BCUT2D eigenvalue weighted by atomic mass is 79.9. The van der Waals surface area contributed by atoms with E-state index in [0.717, 1.165) is 12.8 Å². The summed E-state index contributed by atoms with van der Waals surface area (Å²) in [6.45, 7) is 4.61. The highest BCUT2D eigenvalue weighted by Gasteiger charge is 2.21. The summed E-state index contributed by atoms with van der Waals surface area (Å²) in [6.07, 6.45) is 3.53. The Morgan fingerprint density at radius 1 is 1.44 bits per heavy atom. The van der Waals surface area contributed by atoms with Crippen LogP contribution in [0.25, 0.3) is 0 Å². The predicted molar refractivity (Wildman–Crippen MR) is 75.2 cm³/mol. The zero-order chi connectivity index (χ0) is 13.8. The van der Waals surface area contributed by atoms with Crippen LogP contribution in [-0.2, 0) is 17.1 Å². The first-order valence-electron chi connectivity index (χ1n) is 6.04. The van der Waals surface area contributed by atoms with E-state index in [-0.39, 0.29) is 9.85 Å². The standard InChI is InChI=1S/C11H20BrN3O2S/c1-4-9(5-2)10(12)8-14-18(16,17)11-6-7-13-15(11)3/h6-7,9-10,14H,4-5,8H2,1-3H3. The van der Waals surface area contributed by atoms with E-state index in [2.05, 4.69) is 39.6 Å². The molecule has 0 aliphatic carbocycles. The van der Waals surface area contributed by atoms with Crippen LogP contribution in [0.15, 0.2) is 17.3 Å². The molecule has 1 aromatic rings. The number of hydrogen-bond donors (Lipinski definition) is 1. The van der Waals surface area contributed by atoms with E-state index in [1.807, 2.05) is 0 Å². The summed E-state index contributed by atoms with van der Waals surface area (Å²) in [4.78, 5) is 0.149. The molecular weight excluding hydrogens is 318 g/mol. The first-order chi connectivity index (χ1) is 8.42. The molecule has 0 aliphatic heterocycles. The SMILES string of the molecule is CCC(CC)C(Br)CNS(=O)(=O)c1ccnn1C. The van der Waals surface area contributed by atoms with Crippen LogP contribution < -0.4 is 4.72 Å². The maximum Gasteiger partial charge on any atom is 0.257 e. The summed E-state index contributed by atoms with van der Waals surface area (Å²) in [5, 5.41) is 4.05. The van der Waals surface area contributed by atoms with Gasteiger partial charge in [0.2, 0.25) is 0 Å². The van der Waals surface area contributed by atoms with E-state index in [4.69, 9.17) is 0 Å². The Balaban J connectivity index is 2.66. The van der Waals surface area contributed by atoms with Crippen molar-refractivity contribution in [1.82, 2.24) is 14.5 Å². The van der Waals surface area contributed by atoms with Gasteiger partial charge < -0.3 is 0 Å². The zero-order valence-corrected chi connectivity index (χ0v) is 13.3. The van der Waals surface area contributed by atoms with Crippen molar-refractivity contribution in [1.29, 1.82) is 0 Å². The summed E-state index contributed by atoms with van der Waals surface area (Å²) >= 11 is 3.55. The first-order valence-corrected chi connectivity index (χ1v) is 8.44. The van der Waals surface area contributed by atoms with Crippen molar-refractivity contribution in [3.05, 3.63) is 12.3 Å². The third kappa shape index (κ3) is 3.80. The Hall–Kier alpha value is -0.400. The highest BCUT2D eigenvalue weighted by Crippen LogP contribution is 2.20. The number of nitrogens with zero attached hydrogens (tertiary/aromatic N) is 2. The lowest BCUT2D eigenvalue weighted by atomic mass is 10.00. The Morgan fingerprint density at radius 2 is 2.06 bits per heavy atom. The van der Waals surface area contributed by atoms with Gasteiger partial charge in [0.1, 0.15) is 0 Å². The number of aryl methyl sites for hydroxylation is 1. The van der Waals surface area contributed by atoms with Crippen LogP contribution >= 0.6 is 15.9 Å². The molecule has 0 fully saturated rings. The Morgan fingerprint density at radius 3 is 2.50 bits per heavy atom. The quantitative estimate of drug-likeness (QED) is 0.773. The molecule has 0 aromatic carbocycles. The van der Waals surface area contributed by atoms with E-state index in [9.17, 15) is 8.42 Å². The lowest BCUT2D eigenvalue weighted by Crippen LogP contribution is -2.33. The molecular formula is C11H20BrN3O2S. The fourth-order valence-corrected chi connectivity index (χ4v) is 4.16. The minimum atomic E-state index is -3.47. The van der Waals surface area contributed by atoms with Gasteiger partial charge in [-0.15, -0.1) is 0 Å². The van der Waals surface area contributed by atoms with Crippen LogP contribution in [-0.4, -0.2) is 29.6 Å². The van der Waals surface area contributed by atoms with E-state index < -0.39 is 10.0 Å². The Bertz CT molecular complexity index is 468. The molecule has 18 heavy (non-hydrogen) atoms. The molecule has 1 atom stereocenters. The molecule has 1 rings (SSSR count). The maximum absolute atomic E-state index is 12.0. The van der Waals surface area contributed by atoms with Crippen molar-refractivity contribution in [3.8, 4) is 0 Å². The molecule has 5 nitrogen and oxygen atoms in total. The second kappa shape index (κ2) is 6.68. The van der Waals surface area contributed by atoms with Gasteiger partial charge in [-0.05, 0) is 12.0 Å². The minimum Gasteiger partial charge on any atom is -0.256 e. The molecule has 104 valence electrons. The molecule has 0 spiro atoms. The number of nitrogens with one attached hydrogen (secondary N) is 1. The molecule has 0 aliphatic rings. The molecule has 0 saturated carbocycles. The largest absolute Gasteiger partial charge is 0.257 e. The summed E-state index contributed by atoms with van der Waals surface area (Å²) in [6, 6.07) is 1.49. The van der Waals surface area contributed by atoms with Crippen LogP contribution in [0.1, 0.15) is 26.7 Å². The average Bonchev–Trinajstić information content (AvgIpc) is 2.75. The molecule has 1 heterocycles. The van der Waals surface area contributed by atoms with Gasteiger partial charge in [0.15, 0.2) is 5.03 Å². The summed E-state index contributed by atoms with van der Waals surface area (Å²) in [5.74, 6) is 0.472. The predicted octanol–water partition coefficient (Wildman–Crippen LogP) is 1.90. The monoisotopic (exact) mass is 337 g/mol. The van der Waals surface area contributed by atoms with Gasteiger partial charge in [-0.25, -0.2) is 13.1 Å². The van der Waals surface area contributed by atoms with E-state index in [1.54, 1.807) is 7.05 Å². The average molecular weight is 338 g/mol. The molecule has 0 radical (unpaired) electrons. The summed E-state index contributed by atoms with van der Waals surface area (Å²) in [5.41, 5.74) is 0. The van der Waals surface area contributed by atoms with Crippen LogP contribution in [0, 0.1) is 5.92 Å². The van der Waals surface area contributed by atoms with Gasteiger partial charge >= 0.3 is 0 Å². The van der Waals surface area contributed by atoms with Gasteiger partial charge in [-0.1, -0.05) is 42.6 Å². The lowest BCUT2D eigenvalue weighted by molar-refractivity contribution is 0.470. The highest BCUT2D eigenvalue weighted by molar-refractivity contribution is 9.09. The number of sulfonamides is 1. The molecule has 0 bridgehead atoms. The number of aromatic nitrogens is 2. The minimum absolute atomic E-state index is 0.149. The van der Waals surface area contributed by atoms with Crippen LogP contribution in [0.3, 0.4) is 0 Å². The van der Waals surface area contributed by atoms with E-state index >= 15 is 0 Å². The van der Waals surface area contributed by atoms with E-state index in [1.165, 1.54) is 16.9 Å². The molecule has 1 N–H and O–H groups in total.